The summed E-state index contributed by atoms with van der Waals surface area (Å²) in [6.45, 7) is 2.60. The van der Waals surface area contributed by atoms with Gasteiger partial charge in [0.05, 0.1) is 12.2 Å². The Morgan fingerprint density at radius 2 is 1.90 bits per heavy atom. The summed E-state index contributed by atoms with van der Waals surface area (Å²) in [6, 6.07) is 5.61. The van der Waals surface area contributed by atoms with Crippen molar-refractivity contribution < 1.29 is 9.59 Å². The van der Waals surface area contributed by atoms with Crippen LogP contribution in [0.5, 0.6) is 0 Å². The number of carbonyl (C=O) groups is 2. The van der Waals surface area contributed by atoms with Crippen molar-refractivity contribution in [3.63, 3.8) is 0 Å². The van der Waals surface area contributed by atoms with Crippen molar-refractivity contribution in [2.24, 2.45) is 0 Å². The van der Waals surface area contributed by atoms with Crippen molar-refractivity contribution >= 4 is 34.2 Å². The van der Waals surface area contributed by atoms with E-state index in [1.54, 1.807) is 22.4 Å². The second-order valence-electron chi connectivity index (χ2n) is 7.32. The van der Waals surface area contributed by atoms with Gasteiger partial charge in [0.2, 0.25) is 5.91 Å². The first-order valence-electron chi connectivity index (χ1n) is 10.2. The molecule has 4 rings (SSSR count). The number of aryl methyl sites for hydroxylation is 2. The van der Waals surface area contributed by atoms with Gasteiger partial charge in [-0.1, -0.05) is 12.5 Å². The number of aromatic nitrogens is 2. The van der Waals surface area contributed by atoms with Crippen LogP contribution >= 0.6 is 11.3 Å². The van der Waals surface area contributed by atoms with Crippen molar-refractivity contribution in [3.8, 4) is 0 Å². The highest BCUT2D eigenvalue weighted by molar-refractivity contribution is 7.15. The quantitative estimate of drug-likeness (QED) is 0.749. The summed E-state index contributed by atoms with van der Waals surface area (Å²) in [5.41, 5.74) is 1.12. The predicted octanol–water partition coefficient (Wildman–Crippen LogP) is 2.28. The van der Waals surface area contributed by atoms with Gasteiger partial charge >= 0.3 is 6.03 Å². The number of anilines is 2. The van der Waals surface area contributed by atoms with Crippen molar-refractivity contribution in [2.75, 3.05) is 42.9 Å². The SMILES string of the molecule is O=C(CNC(=O)N1CCN(c2ccccn2)CC1)Nc1nc2c(s1)CCCCC2. The smallest absolute Gasteiger partial charge is 0.317 e. The molecule has 1 fully saturated rings. The van der Waals surface area contributed by atoms with Gasteiger partial charge in [-0.05, 0) is 37.8 Å². The van der Waals surface area contributed by atoms with Gasteiger partial charge in [0.1, 0.15) is 5.82 Å². The number of nitrogens with one attached hydrogen (secondary N) is 2. The summed E-state index contributed by atoms with van der Waals surface area (Å²) in [5, 5.41) is 6.18. The maximum Gasteiger partial charge on any atom is 0.317 e. The highest BCUT2D eigenvalue weighted by Gasteiger charge is 2.22. The molecule has 29 heavy (non-hydrogen) atoms. The highest BCUT2D eigenvalue weighted by atomic mass is 32.1. The number of pyridine rings is 1. The van der Waals surface area contributed by atoms with Gasteiger partial charge in [-0.25, -0.2) is 14.8 Å². The van der Waals surface area contributed by atoms with Gasteiger partial charge in [-0.2, -0.15) is 0 Å². The van der Waals surface area contributed by atoms with Crippen LogP contribution < -0.4 is 15.5 Å². The summed E-state index contributed by atoms with van der Waals surface area (Å²) in [6.07, 6.45) is 7.40. The molecule has 0 spiro atoms. The van der Waals surface area contributed by atoms with Crippen molar-refractivity contribution in [3.05, 3.63) is 35.0 Å². The monoisotopic (exact) mass is 414 g/mol. The lowest BCUT2D eigenvalue weighted by molar-refractivity contribution is -0.115. The topological polar surface area (TPSA) is 90.5 Å². The van der Waals surface area contributed by atoms with Gasteiger partial charge in [-0.15, -0.1) is 11.3 Å². The van der Waals surface area contributed by atoms with Gasteiger partial charge in [0.25, 0.3) is 0 Å². The molecule has 154 valence electrons. The molecule has 2 N–H and O–H groups in total. The Balaban J connectivity index is 1.21. The average molecular weight is 415 g/mol. The van der Waals surface area contributed by atoms with Crippen LogP contribution in [-0.4, -0.2) is 59.5 Å². The van der Waals surface area contributed by atoms with Crippen LogP contribution in [0.3, 0.4) is 0 Å². The molecule has 8 nitrogen and oxygen atoms in total. The van der Waals surface area contributed by atoms with E-state index in [0.29, 0.717) is 18.2 Å². The van der Waals surface area contributed by atoms with Crippen LogP contribution in [0.2, 0.25) is 0 Å². The van der Waals surface area contributed by atoms with Crippen molar-refractivity contribution in [2.45, 2.75) is 32.1 Å². The maximum absolute atomic E-state index is 12.4. The van der Waals surface area contributed by atoms with E-state index in [1.807, 2.05) is 18.2 Å². The summed E-state index contributed by atoms with van der Waals surface area (Å²) < 4.78 is 0. The number of hydrogen-bond donors (Lipinski definition) is 2. The normalized spacial score (nSPS) is 16.7. The van der Waals surface area contributed by atoms with Gasteiger partial charge in [0.15, 0.2) is 5.13 Å². The number of piperazine rings is 1. The van der Waals surface area contributed by atoms with Gasteiger partial charge in [-0.3, -0.25) is 4.79 Å². The summed E-state index contributed by atoms with van der Waals surface area (Å²) in [5.74, 6) is 0.683. The van der Waals surface area contributed by atoms with Crippen LogP contribution in [0.4, 0.5) is 15.7 Å². The molecule has 1 saturated heterocycles. The van der Waals surface area contributed by atoms with Crippen LogP contribution in [-0.2, 0) is 17.6 Å². The summed E-state index contributed by atoms with van der Waals surface area (Å²) in [4.78, 5) is 38.7. The Hall–Kier alpha value is -2.68. The molecule has 3 amide bonds. The third kappa shape index (κ3) is 5.03. The Labute approximate surface area is 174 Å². The number of rotatable bonds is 4. The molecule has 1 aliphatic heterocycles. The lowest BCUT2D eigenvalue weighted by Gasteiger charge is -2.35. The molecule has 0 aromatic carbocycles. The zero-order chi connectivity index (χ0) is 20.1. The first-order chi connectivity index (χ1) is 14.2. The number of thiazole rings is 1. The van der Waals surface area contributed by atoms with E-state index in [9.17, 15) is 9.59 Å². The van der Waals surface area contributed by atoms with E-state index in [-0.39, 0.29) is 18.5 Å². The Morgan fingerprint density at radius 1 is 1.07 bits per heavy atom. The van der Waals surface area contributed by atoms with Crippen LogP contribution in [0.1, 0.15) is 29.8 Å². The molecular weight excluding hydrogens is 388 g/mol. The number of carbonyl (C=O) groups excluding carboxylic acids is 2. The Morgan fingerprint density at radius 3 is 2.69 bits per heavy atom. The second kappa shape index (κ2) is 9.21. The van der Waals surface area contributed by atoms with Crippen LogP contribution in [0.25, 0.3) is 0 Å². The molecule has 0 unspecified atom stereocenters. The largest absolute Gasteiger partial charge is 0.353 e. The number of hydrogen-bond acceptors (Lipinski definition) is 6. The Kier molecular flexibility index (Phi) is 6.24. The predicted molar refractivity (Wildman–Crippen MR) is 113 cm³/mol. The van der Waals surface area contributed by atoms with E-state index in [2.05, 4.69) is 25.5 Å². The first-order valence-corrected chi connectivity index (χ1v) is 11.0. The molecule has 0 bridgehead atoms. The van der Waals surface area contributed by atoms with Crippen LogP contribution in [0, 0.1) is 0 Å². The fourth-order valence-corrected chi connectivity index (χ4v) is 4.76. The molecule has 0 atom stereocenters. The number of urea groups is 1. The molecule has 2 aliphatic rings. The van der Waals surface area contributed by atoms with E-state index in [1.165, 1.54) is 17.7 Å². The van der Waals surface area contributed by atoms with Crippen molar-refractivity contribution in [1.29, 1.82) is 0 Å². The van der Waals surface area contributed by atoms with E-state index in [4.69, 9.17) is 0 Å². The summed E-state index contributed by atoms with van der Waals surface area (Å²) >= 11 is 1.56. The fourth-order valence-electron chi connectivity index (χ4n) is 3.69. The minimum Gasteiger partial charge on any atom is -0.353 e. The lowest BCUT2D eigenvalue weighted by Crippen LogP contribution is -2.52. The lowest BCUT2D eigenvalue weighted by atomic mass is 10.2. The molecule has 3 heterocycles. The summed E-state index contributed by atoms with van der Waals surface area (Å²) in [7, 11) is 0. The maximum atomic E-state index is 12.4. The molecule has 9 heteroatoms. The van der Waals surface area contributed by atoms with E-state index in [0.717, 1.165) is 43.9 Å². The molecule has 0 radical (unpaired) electrons. The molecule has 0 saturated carbocycles. The number of fused-ring (bicyclic) bond motifs is 1. The highest BCUT2D eigenvalue weighted by Crippen LogP contribution is 2.28. The van der Waals surface area contributed by atoms with E-state index >= 15 is 0 Å². The number of amides is 3. The molecule has 2 aromatic rings. The second-order valence-corrected chi connectivity index (χ2v) is 8.40. The van der Waals surface area contributed by atoms with E-state index < -0.39 is 0 Å². The minimum atomic E-state index is -0.241. The van der Waals surface area contributed by atoms with Crippen LogP contribution in [0.15, 0.2) is 24.4 Å². The minimum absolute atomic E-state index is 0.0520. The third-order valence-corrected chi connectivity index (χ3v) is 6.36. The molecule has 2 aromatic heterocycles. The zero-order valence-electron chi connectivity index (χ0n) is 16.4. The first kappa shape index (κ1) is 19.6. The standard InChI is InChI=1S/C20H26N6O2S/c27-18(24-19-23-15-6-2-1-3-7-16(15)29-19)14-22-20(28)26-12-10-25(11-13-26)17-8-4-5-9-21-17/h4-5,8-9H,1-3,6-7,10-14H2,(H,22,28)(H,23,24,27). The van der Waals surface area contributed by atoms with Crippen molar-refractivity contribution in [1.82, 2.24) is 20.2 Å². The van der Waals surface area contributed by atoms with Gasteiger partial charge < -0.3 is 20.4 Å². The third-order valence-electron chi connectivity index (χ3n) is 5.28. The fraction of sp³-hybridized carbons (Fsp3) is 0.500. The Bertz CT molecular complexity index is 824. The average Bonchev–Trinajstić information content (AvgIpc) is 3.00. The van der Waals surface area contributed by atoms with Gasteiger partial charge in [0, 0.05) is 37.3 Å². The zero-order valence-corrected chi connectivity index (χ0v) is 17.2. The molecule has 1 aliphatic carbocycles. The number of nitrogens with zero attached hydrogens (tertiary/aromatic N) is 4. The molecular formula is C20H26N6O2S.